The molecule has 0 unspecified atom stereocenters. The highest BCUT2D eigenvalue weighted by molar-refractivity contribution is 8.18. The minimum atomic E-state index is -0.136. The number of carbonyl (C=O) groups excluding carboxylic acids is 1. The Morgan fingerprint density at radius 3 is 2.50 bits per heavy atom. The Kier molecular flexibility index (Phi) is 5.42. The van der Waals surface area contributed by atoms with Crippen LogP contribution in [0.25, 0.3) is 17.4 Å². The van der Waals surface area contributed by atoms with Crippen molar-refractivity contribution in [3.8, 4) is 23.1 Å². The molecule has 0 saturated carbocycles. The van der Waals surface area contributed by atoms with Gasteiger partial charge in [-0.2, -0.15) is 5.26 Å². The van der Waals surface area contributed by atoms with E-state index in [2.05, 4.69) is 11.1 Å². The van der Waals surface area contributed by atoms with Crippen molar-refractivity contribution < 1.29 is 13.9 Å². The number of thioether (sulfide) groups is 1. The van der Waals surface area contributed by atoms with Gasteiger partial charge >= 0.3 is 0 Å². The molecule has 2 aromatic carbocycles. The van der Waals surface area contributed by atoms with Gasteiger partial charge in [0.2, 0.25) is 0 Å². The molecule has 0 radical (unpaired) electrons. The van der Waals surface area contributed by atoms with Crippen LogP contribution >= 0.6 is 11.8 Å². The number of carbonyl (C=O) groups is 1. The summed E-state index contributed by atoms with van der Waals surface area (Å²) in [5.74, 6) is 1.86. The van der Waals surface area contributed by atoms with Crippen molar-refractivity contribution in [2.75, 3.05) is 14.2 Å². The van der Waals surface area contributed by atoms with E-state index in [1.54, 1.807) is 32.4 Å². The molecule has 4 rings (SSSR count). The molecule has 30 heavy (non-hydrogen) atoms. The van der Waals surface area contributed by atoms with E-state index in [0.717, 1.165) is 17.0 Å². The van der Waals surface area contributed by atoms with E-state index in [-0.39, 0.29) is 5.91 Å². The van der Waals surface area contributed by atoms with Crippen LogP contribution in [0.5, 0.6) is 5.75 Å². The SMILES string of the molecule is COc1ccc(N=C2S/C(=C/c3ccc(-c4ccc(C#N)cc4)o3)C(=O)N2C)cc1. The number of methoxy groups -OCH3 is 1. The summed E-state index contributed by atoms with van der Waals surface area (Å²) >= 11 is 1.30. The molecule has 0 atom stereocenters. The molecule has 0 bridgehead atoms. The highest BCUT2D eigenvalue weighted by Gasteiger charge is 2.30. The lowest BCUT2D eigenvalue weighted by Crippen LogP contribution is -2.23. The quantitative estimate of drug-likeness (QED) is 0.557. The van der Waals surface area contributed by atoms with Crippen LogP contribution in [0.2, 0.25) is 0 Å². The second-order valence-corrected chi connectivity index (χ2v) is 7.47. The monoisotopic (exact) mass is 415 g/mol. The number of amidine groups is 1. The maximum absolute atomic E-state index is 12.6. The number of benzene rings is 2. The summed E-state index contributed by atoms with van der Waals surface area (Å²) in [4.78, 5) is 19.2. The van der Waals surface area contributed by atoms with E-state index in [9.17, 15) is 4.79 Å². The third-order valence-corrected chi connectivity index (χ3v) is 5.56. The average molecular weight is 415 g/mol. The predicted octanol–water partition coefficient (Wildman–Crippen LogP) is 5.06. The Bertz CT molecular complexity index is 1190. The number of furan rings is 1. The van der Waals surface area contributed by atoms with Crippen molar-refractivity contribution in [2.45, 2.75) is 0 Å². The molecule has 3 aromatic rings. The third kappa shape index (κ3) is 4.00. The minimum Gasteiger partial charge on any atom is -0.497 e. The largest absolute Gasteiger partial charge is 0.497 e. The van der Waals surface area contributed by atoms with Gasteiger partial charge in [-0.3, -0.25) is 9.69 Å². The standard InChI is InChI=1S/C23H17N3O3S/c1-26-22(27)21(30-23(26)25-17-7-9-18(28-2)10-8-17)13-19-11-12-20(29-19)16-5-3-15(14-24)4-6-16/h3-13H,1-2H3/b21-13+,25-23?. The van der Waals surface area contributed by atoms with Gasteiger partial charge in [0, 0.05) is 18.7 Å². The van der Waals surface area contributed by atoms with Crippen LogP contribution in [0.1, 0.15) is 11.3 Å². The van der Waals surface area contributed by atoms with Crippen LogP contribution in [0, 0.1) is 11.3 Å². The molecule has 1 saturated heterocycles. The van der Waals surface area contributed by atoms with Gasteiger partial charge in [0.05, 0.1) is 29.3 Å². The molecule has 1 aliphatic heterocycles. The zero-order valence-electron chi connectivity index (χ0n) is 16.3. The highest BCUT2D eigenvalue weighted by Crippen LogP contribution is 2.34. The Morgan fingerprint density at radius 2 is 1.83 bits per heavy atom. The number of rotatable bonds is 4. The Hall–Kier alpha value is -3.76. The Morgan fingerprint density at radius 1 is 1.10 bits per heavy atom. The van der Waals surface area contributed by atoms with Crippen molar-refractivity contribution in [1.29, 1.82) is 5.26 Å². The average Bonchev–Trinajstić information content (AvgIpc) is 3.35. The normalized spacial score (nSPS) is 16.3. The number of amides is 1. The topological polar surface area (TPSA) is 78.8 Å². The molecule has 0 spiro atoms. The predicted molar refractivity (Wildman–Crippen MR) is 117 cm³/mol. The zero-order chi connectivity index (χ0) is 21.1. The Labute approximate surface area is 178 Å². The summed E-state index contributed by atoms with van der Waals surface area (Å²) in [6, 6.07) is 20.2. The summed E-state index contributed by atoms with van der Waals surface area (Å²) in [6.07, 6.45) is 1.72. The first-order valence-electron chi connectivity index (χ1n) is 9.08. The van der Waals surface area contributed by atoms with Gasteiger partial charge in [0.25, 0.3) is 5.91 Å². The van der Waals surface area contributed by atoms with Crippen molar-refractivity contribution in [3.05, 3.63) is 76.9 Å². The van der Waals surface area contributed by atoms with Gasteiger partial charge in [-0.1, -0.05) is 0 Å². The first-order chi connectivity index (χ1) is 14.6. The van der Waals surface area contributed by atoms with E-state index < -0.39 is 0 Å². The van der Waals surface area contributed by atoms with Gasteiger partial charge in [-0.15, -0.1) is 0 Å². The number of likely N-dealkylation sites (N-methyl/N-ethyl adjacent to an activating group) is 1. The molecule has 7 heteroatoms. The first-order valence-corrected chi connectivity index (χ1v) is 9.90. The molecular formula is C23H17N3O3S. The van der Waals surface area contributed by atoms with Gasteiger partial charge in [0.15, 0.2) is 5.17 Å². The summed E-state index contributed by atoms with van der Waals surface area (Å²) in [5.41, 5.74) is 2.19. The second kappa shape index (κ2) is 8.31. The summed E-state index contributed by atoms with van der Waals surface area (Å²) in [5, 5.41) is 9.51. The van der Waals surface area contributed by atoms with E-state index in [0.29, 0.717) is 27.2 Å². The van der Waals surface area contributed by atoms with E-state index in [1.165, 1.54) is 16.7 Å². The van der Waals surface area contributed by atoms with Crippen LogP contribution in [-0.4, -0.2) is 30.1 Å². The first kappa shape index (κ1) is 19.6. The van der Waals surface area contributed by atoms with Crippen LogP contribution in [0.4, 0.5) is 5.69 Å². The number of ether oxygens (including phenoxy) is 1. The van der Waals surface area contributed by atoms with Crippen LogP contribution < -0.4 is 4.74 Å². The lowest BCUT2D eigenvalue weighted by molar-refractivity contribution is -0.121. The van der Waals surface area contributed by atoms with E-state index in [4.69, 9.17) is 14.4 Å². The minimum absolute atomic E-state index is 0.136. The number of hydrogen-bond donors (Lipinski definition) is 0. The number of nitriles is 1. The van der Waals surface area contributed by atoms with Crippen LogP contribution in [0.3, 0.4) is 0 Å². The van der Waals surface area contributed by atoms with Crippen molar-refractivity contribution >= 4 is 34.6 Å². The molecule has 6 nitrogen and oxygen atoms in total. The Balaban J connectivity index is 1.55. The van der Waals surface area contributed by atoms with Gasteiger partial charge < -0.3 is 9.15 Å². The fraction of sp³-hybridized carbons (Fsp3) is 0.0870. The maximum atomic E-state index is 12.6. The van der Waals surface area contributed by atoms with Gasteiger partial charge in [-0.05, 0) is 72.4 Å². The molecule has 1 fully saturated rings. The van der Waals surface area contributed by atoms with Crippen molar-refractivity contribution in [1.82, 2.24) is 4.90 Å². The highest BCUT2D eigenvalue weighted by atomic mass is 32.2. The van der Waals surface area contributed by atoms with E-state index >= 15 is 0 Å². The summed E-state index contributed by atoms with van der Waals surface area (Å²) < 4.78 is 11.0. The molecule has 148 valence electrons. The van der Waals surface area contributed by atoms with Gasteiger partial charge in [0.1, 0.15) is 17.3 Å². The van der Waals surface area contributed by atoms with Crippen LogP contribution in [-0.2, 0) is 4.79 Å². The molecule has 1 aliphatic rings. The zero-order valence-corrected chi connectivity index (χ0v) is 17.1. The van der Waals surface area contributed by atoms with Crippen molar-refractivity contribution in [3.63, 3.8) is 0 Å². The smallest absolute Gasteiger partial charge is 0.266 e. The van der Waals surface area contributed by atoms with Crippen molar-refractivity contribution in [2.24, 2.45) is 4.99 Å². The number of nitrogens with zero attached hydrogens (tertiary/aromatic N) is 3. The fourth-order valence-electron chi connectivity index (χ4n) is 2.84. The molecule has 0 N–H and O–H groups in total. The number of hydrogen-bond acceptors (Lipinski definition) is 6. The van der Waals surface area contributed by atoms with Crippen LogP contribution in [0.15, 0.2) is 75.0 Å². The van der Waals surface area contributed by atoms with Gasteiger partial charge in [-0.25, -0.2) is 4.99 Å². The molecule has 2 heterocycles. The molecule has 0 aliphatic carbocycles. The lowest BCUT2D eigenvalue weighted by atomic mass is 10.1. The summed E-state index contributed by atoms with van der Waals surface area (Å²) in [6.45, 7) is 0. The molecule has 1 amide bonds. The molecular weight excluding hydrogens is 398 g/mol. The number of aliphatic imine (C=N–C) groups is 1. The fourth-order valence-corrected chi connectivity index (χ4v) is 3.81. The lowest BCUT2D eigenvalue weighted by Gasteiger charge is -2.07. The molecule has 1 aromatic heterocycles. The van der Waals surface area contributed by atoms with E-state index in [1.807, 2.05) is 48.5 Å². The maximum Gasteiger partial charge on any atom is 0.266 e. The third-order valence-electron chi connectivity index (χ3n) is 4.50. The summed E-state index contributed by atoms with van der Waals surface area (Å²) in [7, 11) is 3.31. The second-order valence-electron chi connectivity index (χ2n) is 6.46.